The number of imidazole rings is 1. The second-order valence-electron chi connectivity index (χ2n) is 6.24. The molecule has 0 unspecified atom stereocenters. The molecule has 0 saturated heterocycles. The van der Waals surface area contributed by atoms with Gasteiger partial charge in [-0.1, -0.05) is 30.3 Å². The highest BCUT2D eigenvalue weighted by Crippen LogP contribution is 2.33. The van der Waals surface area contributed by atoms with E-state index in [0.717, 1.165) is 55.5 Å². The average Bonchev–Trinajstić information content (AvgIpc) is 3.29. The van der Waals surface area contributed by atoms with Gasteiger partial charge in [0.1, 0.15) is 11.6 Å². The van der Waals surface area contributed by atoms with E-state index in [-0.39, 0.29) is 0 Å². The predicted molar refractivity (Wildman–Crippen MR) is 93.0 cm³/mol. The summed E-state index contributed by atoms with van der Waals surface area (Å²) in [4.78, 5) is 19.7. The number of benzene rings is 1. The first-order valence-electron chi connectivity index (χ1n) is 8.35. The average molecular weight is 318 g/mol. The lowest BCUT2D eigenvalue weighted by Crippen LogP contribution is -2.32. The molecule has 2 N–H and O–H groups in total. The third kappa shape index (κ3) is 2.14. The Morgan fingerprint density at radius 3 is 2.88 bits per heavy atom. The van der Waals surface area contributed by atoms with Crippen LogP contribution in [0.15, 0.2) is 36.7 Å². The topological polar surface area (TPSA) is 69.7 Å². The molecule has 120 valence electrons. The van der Waals surface area contributed by atoms with Crippen LogP contribution in [0, 0.1) is 0 Å². The maximum absolute atomic E-state index is 4.94. The van der Waals surface area contributed by atoms with Gasteiger partial charge in [0.2, 0.25) is 0 Å². The second-order valence-corrected chi connectivity index (χ2v) is 6.24. The highest BCUT2D eigenvalue weighted by Gasteiger charge is 2.26. The number of hydrogen-bond acceptors (Lipinski definition) is 5. The Balaban J connectivity index is 1.59. The largest absolute Gasteiger partial charge is 0.369 e. The fraction of sp³-hybridized carbons (Fsp3) is 0.278. The first-order chi connectivity index (χ1) is 11.9. The van der Waals surface area contributed by atoms with E-state index in [0.29, 0.717) is 0 Å². The summed E-state index contributed by atoms with van der Waals surface area (Å²) in [5.41, 5.74) is 4.66. The van der Waals surface area contributed by atoms with Crippen LogP contribution in [0.3, 0.4) is 0 Å². The maximum atomic E-state index is 4.94. The van der Waals surface area contributed by atoms with E-state index in [1.165, 1.54) is 17.0 Å². The fourth-order valence-electron chi connectivity index (χ4n) is 3.53. The zero-order chi connectivity index (χ0) is 15.9. The second kappa shape index (κ2) is 5.33. The molecule has 0 atom stereocenters. The Bertz CT molecular complexity index is 886. The number of hydrogen-bond donors (Lipinski definition) is 2. The number of fused-ring (bicyclic) bond motifs is 2. The molecule has 2 aliphatic heterocycles. The van der Waals surface area contributed by atoms with Crippen LogP contribution in [0.5, 0.6) is 0 Å². The Kier molecular flexibility index (Phi) is 3.01. The van der Waals surface area contributed by atoms with Gasteiger partial charge < -0.3 is 15.2 Å². The summed E-state index contributed by atoms with van der Waals surface area (Å²) in [5.74, 6) is 2.83. The molecule has 2 aliphatic rings. The van der Waals surface area contributed by atoms with Crippen molar-refractivity contribution >= 4 is 11.6 Å². The van der Waals surface area contributed by atoms with E-state index in [1.54, 1.807) is 6.33 Å². The van der Waals surface area contributed by atoms with Crippen LogP contribution in [0.1, 0.15) is 17.0 Å². The zero-order valence-electron chi connectivity index (χ0n) is 13.3. The molecule has 24 heavy (non-hydrogen) atoms. The fourth-order valence-corrected chi connectivity index (χ4v) is 3.53. The summed E-state index contributed by atoms with van der Waals surface area (Å²) in [7, 11) is 0. The summed E-state index contributed by atoms with van der Waals surface area (Å²) in [5, 5.41) is 3.41. The zero-order valence-corrected chi connectivity index (χ0v) is 13.3. The molecule has 0 bridgehead atoms. The Labute approximate surface area is 140 Å². The van der Waals surface area contributed by atoms with Gasteiger partial charge in [0.15, 0.2) is 5.82 Å². The van der Waals surface area contributed by atoms with Crippen molar-refractivity contribution in [1.82, 2.24) is 19.9 Å². The van der Waals surface area contributed by atoms with Crippen molar-refractivity contribution in [3.63, 3.8) is 0 Å². The lowest BCUT2D eigenvalue weighted by atomic mass is 10.1. The minimum Gasteiger partial charge on any atom is -0.369 e. The molecule has 0 radical (unpaired) electrons. The van der Waals surface area contributed by atoms with Crippen LogP contribution < -0.4 is 10.2 Å². The summed E-state index contributed by atoms with van der Waals surface area (Å²) in [6, 6.07) is 10.2. The molecule has 3 aromatic rings. The highest BCUT2D eigenvalue weighted by atomic mass is 15.2. The number of aromatic nitrogens is 4. The summed E-state index contributed by atoms with van der Waals surface area (Å²) < 4.78 is 0. The Morgan fingerprint density at radius 1 is 1.04 bits per heavy atom. The number of anilines is 2. The first-order valence-corrected chi connectivity index (χ1v) is 8.35. The third-order valence-electron chi connectivity index (χ3n) is 4.76. The lowest BCUT2D eigenvalue weighted by molar-refractivity contribution is 0.697. The van der Waals surface area contributed by atoms with Gasteiger partial charge >= 0.3 is 0 Å². The van der Waals surface area contributed by atoms with Crippen LogP contribution in [-0.4, -0.2) is 33.0 Å². The van der Waals surface area contributed by atoms with E-state index < -0.39 is 0 Å². The van der Waals surface area contributed by atoms with Gasteiger partial charge in [0.05, 0.1) is 24.3 Å². The smallest absolute Gasteiger partial charge is 0.163 e. The van der Waals surface area contributed by atoms with E-state index >= 15 is 0 Å². The van der Waals surface area contributed by atoms with Crippen molar-refractivity contribution in [2.75, 3.05) is 23.3 Å². The molecular weight excluding hydrogens is 300 g/mol. The standard InChI is InChI=1S/C18H18N6/c1-2-4-12(5-3-1)16-22-17-13(6-8-19-17)18(23-16)24-9-7-14-15(10-24)21-11-20-14/h1-5,11H,6-10H2,(H,20,21)(H,19,22,23). The first kappa shape index (κ1) is 13.5. The normalized spacial score (nSPS) is 15.8. The van der Waals surface area contributed by atoms with Gasteiger partial charge in [-0.2, -0.15) is 0 Å². The molecule has 5 rings (SSSR count). The van der Waals surface area contributed by atoms with Gasteiger partial charge in [-0.25, -0.2) is 15.0 Å². The molecule has 6 heteroatoms. The maximum Gasteiger partial charge on any atom is 0.163 e. The van der Waals surface area contributed by atoms with Crippen LogP contribution in [-0.2, 0) is 19.4 Å². The monoisotopic (exact) mass is 318 g/mol. The molecule has 0 aliphatic carbocycles. The highest BCUT2D eigenvalue weighted by molar-refractivity contribution is 5.68. The van der Waals surface area contributed by atoms with Crippen molar-refractivity contribution in [2.24, 2.45) is 0 Å². The number of H-pyrrole nitrogens is 1. The molecule has 0 saturated carbocycles. The number of rotatable bonds is 2. The molecule has 0 fully saturated rings. The van der Waals surface area contributed by atoms with Crippen LogP contribution >= 0.6 is 0 Å². The minimum absolute atomic E-state index is 0.786. The van der Waals surface area contributed by atoms with E-state index in [4.69, 9.17) is 9.97 Å². The van der Waals surface area contributed by atoms with E-state index in [9.17, 15) is 0 Å². The van der Waals surface area contributed by atoms with Crippen molar-refractivity contribution in [3.05, 3.63) is 53.6 Å². The molecule has 2 aromatic heterocycles. The number of nitrogens with zero attached hydrogens (tertiary/aromatic N) is 4. The van der Waals surface area contributed by atoms with Crippen molar-refractivity contribution < 1.29 is 0 Å². The predicted octanol–water partition coefficient (Wildman–Crippen LogP) is 2.40. The van der Waals surface area contributed by atoms with Crippen LogP contribution in [0.4, 0.5) is 11.6 Å². The third-order valence-corrected chi connectivity index (χ3v) is 4.76. The van der Waals surface area contributed by atoms with Gasteiger partial charge in [-0.15, -0.1) is 0 Å². The summed E-state index contributed by atoms with van der Waals surface area (Å²) in [6.07, 6.45) is 3.72. The quantitative estimate of drug-likeness (QED) is 0.759. The Morgan fingerprint density at radius 2 is 1.96 bits per heavy atom. The minimum atomic E-state index is 0.786. The Hall–Kier alpha value is -2.89. The number of aromatic amines is 1. The van der Waals surface area contributed by atoms with Crippen LogP contribution in [0.2, 0.25) is 0 Å². The van der Waals surface area contributed by atoms with E-state index in [1.807, 2.05) is 18.2 Å². The van der Waals surface area contributed by atoms with Gasteiger partial charge in [-0.05, 0) is 6.42 Å². The van der Waals surface area contributed by atoms with Gasteiger partial charge in [0.25, 0.3) is 0 Å². The summed E-state index contributed by atoms with van der Waals surface area (Å²) >= 11 is 0. The van der Waals surface area contributed by atoms with Gasteiger partial charge in [0, 0.05) is 30.6 Å². The SMILES string of the molecule is c1ccc(-c2nc3c(c(N4CCc5nc[nH]c5C4)n2)CCN3)cc1. The van der Waals surface area contributed by atoms with Crippen LogP contribution in [0.25, 0.3) is 11.4 Å². The molecule has 0 amide bonds. The molecule has 6 nitrogen and oxygen atoms in total. The number of nitrogens with one attached hydrogen (secondary N) is 2. The van der Waals surface area contributed by atoms with Gasteiger partial charge in [-0.3, -0.25) is 0 Å². The van der Waals surface area contributed by atoms with Crippen molar-refractivity contribution in [3.8, 4) is 11.4 Å². The molecular formula is C18H18N6. The van der Waals surface area contributed by atoms with Crippen molar-refractivity contribution in [1.29, 1.82) is 0 Å². The lowest BCUT2D eigenvalue weighted by Gasteiger charge is -2.29. The molecule has 4 heterocycles. The molecule has 0 spiro atoms. The summed E-state index contributed by atoms with van der Waals surface area (Å²) in [6.45, 7) is 2.70. The van der Waals surface area contributed by atoms with E-state index in [2.05, 4.69) is 32.3 Å². The molecule has 1 aromatic carbocycles. The van der Waals surface area contributed by atoms with Crippen molar-refractivity contribution in [2.45, 2.75) is 19.4 Å².